The second-order valence-electron chi connectivity index (χ2n) is 4.87. The van der Waals surface area contributed by atoms with Crippen molar-refractivity contribution in [1.82, 2.24) is 9.55 Å². The van der Waals surface area contributed by atoms with Crippen LogP contribution < -0.4 is 0 Å². The molecule has 3 aromatic rings. The first-order chi connectivity index (χ1) is 9.61. The van der Waals surface area contributed by atoms with Crippen LogP contribution in [0.1, 0.15) is 17.0 Å². The number of nitrogens with zero attached hydrogens (tertiary/aromatic N) is 2. The van der Waals surface area contributed by atoms with Crippen molar-refractivity contribution in [2.75, 3.05) is 0 Å². The van der Waals surface area contributed by atoms with Crippen molar-refractivity contribution < 1.29 is 0 Å². The minimum absolute atomic E-state index is 0.361. The van der Waals surface area contributed by atoms with Crippen molar-refractivity contribution >= 4 is 34.2 Å². The van der Waals surface area contributed by atoms with E-state index in [2.05, 4.69) is 28.6 Å². The van der Waals surface area contributed by atoms with Crippen LogP contribution in [0.5, 0.6) is 0 Å². The molecule has 0 aliphatic rings. The molecule has 0 saturated carbocycles. The Hall–Kier alpha value is -1.51. The summed E-state index contributed by atoms with van der Waals surface area (Å²) in [6.07, 6.45) is 0. The van der Waals surface area contributed by atoms with Gasteiger partial charge in [0.05, 0.1) is 16.9 Å². The third-order valence-corrected chi connectivity index (χ3v) is 4.14. The van der Waals surface area contributed by atoms with Crippen LogP contribution in [0.4, 0.5) is 0 Å². The molecule has 1 aromatic heterocycles. The summed E-state index contributed by atoms with van der Waals surface area (Å²) in [6, 6.07) is 12.1. The molecule has 20 heavy (non-hydrogen) atoms. The van der Waals surface area contributed by atoms with Gasteiger partial charge in [-0.1, -0.05) is 29.8 Å². The predicted molar refractivity (Wildman–Crippen MR) is 85.1 cm³/mol. The molecule has 0 bridgehead atoms. The fourth-order valence-electron chi connectivity index (χ4n) is 2.39. The molecular weight excluding hydrogens is 291 g/mol. The van der Waals surface area contributed by atoms with E-state index in [1.54, 1.807) is 0 Å². The Balaban J connectivity index is 2.34. The van der Waals surface area contributed by atoms with Gasteiger partial charge in [0, 0.05) is 10.7 Å². The molecule has 0 N–H and O–H groups in total. The van der Waals surface area contributed by atoms with Gasteiger partial charge in [-0.15, -0.1) is 11.6 Å². The van der Waals surface area contributed by atoms with Gasteiger partial charge in [0.25, 0.3) is 0 Å². The zero-order valence-corrected chi connectivity index (χ0v) is 12.8. The first-order valence-electron chi connectivity index (χ1n) is 6.41. The summed E-state index contributed by atoms with van der Waals surface area (Å²) in [7, 11) is 0. The maximum Gasteiger partial charge on any atom is 0.129 e. The van der Waals surface area contributed by atoms with E-state index in [0.717, 1.165) is 38.7 Å². The van der Waals surface area contributed by atoms with Crippen LogP contribution in [-0.2, 0) is 5.88 Å². The summed E-state index contributed by atoms with van der Waals surface area (Å²) < 4.78 is 2.07. The van der Waals surface area contributed by atoms with Gasteiger partial charge in [-0.2, -0.15) is 0 Å². The van der Waals surface area contributed by atoms with Crippen LogP contribution in [-0.4, -0.2) is 9.55 Å². The number of hydrogen-bond donors (Lipinski definition) is 0. The highest BCUT2D eigenvalue weighted by Gasteiger charge is 2.13. The van der Waals surface area contributed by atoms with Gasteiger partial charge >= 0.3 is 0 Å². The molecular formula is C16H14Cl2N2. The van der Waals surface area contributed by atoms with Crippen LogP contribution >= 0.6 is 23.2 Å². The van der Waals surface area contributed by atoms with Crippen molar-refractivity contribution in [3.8, 4) is 5.69 Å². The van der Waals surface area contributed by atoms with Crippen molar-refractivity contribution in [3.05, 3.63) is 58.4 Å². The summed E-state index contributed by atoms with van der Waals surface area (Å²) >= 11 is 12.3. The molecule has 0 saturated heterocycles. The number of benzene rings is 2. The van der Waals surface area contributed by atoms with E-state index >= 15 is 0 Å². The normalized spacial score (nSPS) is 11.2. The van der Waals surface area contributed by atoms with Crippen LogP contribution in [0.2, 0.25) is 5.02 Å². The van der Waals surface area contributed by atoms with Crippen molar-refractivity contribution in [2.24, 2.45) is 0 Å². The molecule has 0 aliphatic heterocycles. The Kier molecular flexibility index (Phi) is 3.45. The van der Waals surface area contributed by atoms with Crippen LogP contribution in [0.15, 0.2) is 36.4 Å². The summed E-state index contributed by atoms with van der Waals surface area (Å²) in [4.78, 5) is 4.65. The van der Waals surface area contributed by atoms with Crippen LogP contribution in [0.3, 0.4) is 0 Å². The lowest BCUT2D eigenvalue weighted by molar-refractivity contribution is 0.981. The molecule has 0 unspecified atom stereocenters. The average Bonchev–Trinajstić information content (AvgIpc) is 2.82. The van der Waals surface area contributed by atoms with Gasteiger partial charge < -0.3 is 0 Å². The molecule has 0 aliphatic carbocycles. The number of imidazole rings is 1. The Labute approximate surface area is 128 Å². The molecule has 0 fully saturated rings. The van der Waals surface area contributed by atoms with E-state index in [9.17, 15) is 0 Å². The minimum Gasteiger partial charge on any atom is -0.295 e. The molecule has 4 heteroatoms. The van der Waals surface area contributed by atoms with E-state index < -0.39 is 0 Å². The fraction of sp³-hybridized carbons (Fsp3) is 0.188. The SMILES string of the molecule is Cc1ccc(-n2c(CCl)nc3c(C)cccc32)cc1Cl. The van der Waals surface area contributed by atoms with E-state index in [0.29, 0.717) is 5.88 Å². The number of alkyl halides is 1. The Morgan fingerprint density at radius 1 is 1.10 bits per heavy atom. The highest BCUT2D eigenvalue weighted by Crippen LogP contribution is 2.27. The topological polar surface area (TPSA) is 17.8 Å². The number of para-hydroxylation sites is 1. The van der Waals surface area contributed by atoms with Gasteiger partial charge in [-0.25, -0.2) is 4.98 Å². The number of fused-ring (bicyclic) bond motifs is 1. The van der Waals surface area contributed by atoms with Crippen molar-refractivity contribution in [1.29, 1.82) is 0 Å². The molecule has 2 aromatic carbocycles. The molecule has 0 radical (unpaired) electrons. The first-order valence-corrected chi connectivity index (χ1v) is 7.32. The monoisotopic (exact) mass is 304 g/mol. The summed E-state index contributed by atoms with van der Waals surface area (Å²) in [6.45, 7) is 4.05. The lowest BCUT2D eigenvalue weighted by atomic mass is 10.2. The summed E-state index contributed by atoms with van der Waals surface area (Å²) in [5.41, 5.74) is 5.24. The average molecular weight is 305 g/mol. The summed E-state index contributed by atoms with van der Waals surface area (Å²) in [5, 5.41) is 0.748. The lowest BCUT2D eigenvalue weighted by Crippen LogP contribution is -1.99. The third kappa shape index (κ3) is 2.09. The van der Waals surface area contributed by atoms with E-state index in [1.807, 2.05) is 31.2 Å². The zero-order valence-electron chi connectivity index (χ0n) is 11.3. The highest BCUT2D eigenvalue weighted by atomic mass is 35.5. The van der Waals surface area contributed by atoms with Gasteiger partial charge in [-0.3, -0.25) is 4.57 Å². The molecule has 102 valence electrons. The number of hydrogen-bond acceptors (Lipinski definition) is 1. The number of aromatic nitrogens is 2. The number of halogens is 2. The fourth-order valence-corrected chi connectivity index (χ4v) is 2.74. The third-order valence-electron chi connectivity index (χ3n) is 3.49. The van der Waals surface area contributed by atoms with Gasteiger partial charge in [0.1, 0.15) is 5.82 Å². The first kappa shape index (κ1) is 13.5. The van der Waals surface area contributed by atoms with Crippen LogP contribution in [0.25, 0.3) is 16.7 Å². The molecule has 3 rings (SSSR count). The minimum atomic E-state index is 0.361. The Morgan fingerprint density at radius 2 is 1.90 bits per heavy atom. The molecule has 1 heterocycles. The van der Waals surface area contributed by atoms with Crippen LogP contribution in [0, 0.1) is 13.8 Å². The van der Waals surface area contributed by atoms with Crippen molar-refractivity contribution in [3.63, 3.8) is 0 Å². The molecule has 0 amide bonds. The van der Waals surface area contributed by atoms with E-state index in [-0.39, 0.29) is 0 Å². The smallest absolute Gasteiger partial charge is 0.129 e. The highest BCUT2D eigenvalue weighted by molar-refractivity contribution is 6.31. The molecule has 2 nitrogen and oxygen atoms in total. The quantitative estimate of drug-likeness (QED) is 0.607. The second kappa shape index (κ2) is 5.12. The number of rotatable bonds is 2. The maximum atomic E-state index is 6.24. The summed E-state index contributed by atoms with van der Waals surface area (Å²) in [5.74, 6) is 1.19. The maximum absolute atomic E-state index is 6.24. The molecule has 0 spiro atoms. The molecule has 0 atom stereocenters. The Bertz CT molecular complexity index is 791. The largest absolute Gasteiger partial charge is 0.295 e. The zero-order chi connectivity index (χ0) is 14.3. The second-order valence-corrected chi connectivity index (χ2v) is 5.55. The Morgan fingerprint density at radius 3 is 2.60 bits per heavy atom. The van der Waals surface area contributed by atoms with Gasteiger partial charge in [0.2, 0.25) is 0 Å². The standard InChI is InChI=1S/C16H14Cl2N2/c1-10-6-7-12(8-13(10)18)20-14-5-3-4-11(2)16(14)19-15(20)9-17/h3-8H,9H2,1-2H3. The van der Waals surface area contributed by atoms with Crippen molar-refractivity contribution in [2.45, 2.75) is 19.7 Å². The van der Waals surface area contributed by atoms with E-state index in [4.69, 9.17) is 23.2 Å². The van der Waals surface area contributed by atoms with Gasteiger partial charge in [-0.05, 0) is 43.2 Å². The number of aryl methyl sites for hydroxylation is 2. The van der Waals surface area contributed by atoms with Gasteiger partial charge in [0.15, 0.2) is 0 Å². The van der Waals surface area contributed by atoms with E-state index in [1.165, 1.54) is 0 Å². The lowest BCUT2D eigenvalue weighted by Gasteiger charge is -2.09. The predicted octanol–water partition coefficient (Wildman–Crippen LogP) is 5.03.